The Morgan fingerprint density at radius 2 is 1.71 bits per heavy atom. The second-order valence-corrected chi connectivity index (χ2v) is 6.58. The van der Waals surface area contributed by atoms with Crippen LogP contribution < -0.4 is 0 Å². The summed E-state index contributed by atoms with van der Waals surface area (Å²) in [5.41, 5.74) is -1.47. The monoisotopic (exact) mass is 332 g/mol. The Hall–Kier alpha value is -1.33. The summed E-state index contributed by atoms with van der Waals surface area (Å²) < 4.78 is 5.28. The van der Waals surface area contributed by atoms with Gasteiger partial charge in [-0.3, -0.25) is 4.90 Å². The SMILES string of the molecule is CN(C(=O)OC(C)(C)C)C(C)(C=O)c1cc(Cl)nc(Cl)c1. The van der Waals surface area contributed by atoms with E-state index in [2.05, 4.69) is 4.98 Å². The van der Waals surface area contributed by atoms with Crippen LogP contribution in [0.1, 0.15) is 33.3 Å². The number of rotatable bonds is 3. The minimum atomic E-state index is -1.27. The summed E-state index contributed by atoms with van der Waals surface area (Å²) in [6, 6.07) is 2.98. The van der Waals surface area contributed by atoms with Crippen LogP contribution in [-0.4, -0.2) is 34.9 Å². The molecule has 0 aromatic carbocycles. The molecule has 0 saturated heterocycles. The average Bonchev–Trinajstić information content (AvgIpc) is 2.33. The Labute approximate surface area is 134 Å². The molecule has 1 amide bonds. The Morgan fingerprint density at radius 3 is 2.10 bits per heavy atom. The van der Waals surface area contributed by atoms with Crippen molar-refractivity contribution in [1.82, 2.24) is 9.88 Å². The third-order valence-electron chi connectivity index (χ3n) is 2.94. The molecule has 1 aromatic rings. The predicted octanol–water partition coefficient (Wildman–Crippen LogP) is 3.67. The van der Waals surface area contributed by atoms with Crippen LogP contribution in [0.4, 0.5) is 4.79 Å². The number of likely N-dealkylation sites (N-methyl/N-ethyl adjacent to an activating group) is 1. The first-order chi connectivity index (χ1) is 9.49. The van der Waals surface area contributed by atoms with Gasteiger partial charge < -0.3 is 9.53 Å². The Kier molecular flexibility index (Phi) is 5.23. The summed E-state index contributed by atoms with van der Waals surface area (Å²) >= 11 is 11.7. The number of ether oxygens (including phenoxy) is 1. The van der Waals surface area contributed by atoms with Gasteiger partial charge in [0.1, 0.15) is 27.7 Å². The van der Waals surface area contributed by atoms with Gasteiger partial charge in [0.2, 0.25) is 0 Å². The zero-order chi connectivity index (χ0) is 16.4. The van der Waals surface area contributed by atoms with Crippen molar-refractivity contribution in [2.24, 2.45) is 0 Å². The highest BCUT2D eigenvalue weighted by Gasteiger charge is 2.37. The average molecular weight is 333 g/mol. The summed E-state index contributed by atoms with van der Waals surface area (Å²) in [7, 11) is 1.48. The maximum Gasteiger partial charge on any atom is 0.411 e. The number of hydrogen-bond acceptors (Lipinski definition) is 4. The van der Waals surface area contributed by atoms with Gasteiger partial charge in [-0.2, -0.15) is 0 Å². The van der Waals surface area contributed by atoms with Crippen LogP contribution in [0.2, 0.25) is 10.3 Å². The second-order valence-electron chi connectivity index (χ2n) is 5.81. The highest BCUT2D eigenvalue weighted by molar-refractivity contribution is 6.32. The minimum absolute atomic E-state index is 0.142. The van der Waals surface area contributed by atoms with Gasteiger partial charge in [-0.05, 0) is 45.4 Å². The van der Waals surface area contributed by atoms with Crippen LogP contribution in [0.3, 0.4) is 0 Å². The molecule has 0 aliphatic heterocycles. The number of aromatic nitrogens is 1. The van der Waals surface area contributed by atoms with Gasteiger partial charge in [-0.25, -0.2) is 9.78 Å². The lowest BCUT2D eigenvalue weighted by molar-refractivity contribution is -0.117. The van der Waals surface area contributed by atoms with E-state index in [9.17, 15) is 9.59 Å². The first-order valence-corrected chi connectivity index (χ1v) is 7.02. The molecule has 0 bridgehead atoms. The molecule has 21 heavy (non-hydrogen) atoms. The maximum absolute atomic E-state index is 12.2. The second kappa shape index (κ2) is 6.20. The Balaban J connectivity index is 3.19. The quantitative estimate of drug-likeness (QED) is 0.625. The number of nitrogens with zero attached hydrogens (tertiary/aromatic N) is 2. The van der Waals surface area contributed by atoms with E-state index < -0.39 is 17.2 Å². The van der Waals surface area contributed by atoms with Crippen LogP contribution in [-0.2, 0) is 15.1 Å². The number of amides is 1. The largest absolute Gasteiger partial charge is 0.444 e. The number of carbonyl (C=O) groups is 2. The highest BCUT2D eigenvalue weighted by Crippen LogP contribution is 2.29. The van der Waals surface area contributed by atoms with Crippen LogP contribution in [0, 0.1) is 0 Å². The fourth-order valence-corrected chi connectivity index (χ4v) is 2.08. The first-order valence-electron chi connectivity index (χ1n) is 6.26. The van der Waals surface area contributed by atoms with Crippen molar-refractivity contribution < 1.29 is 14.3 Å². The predicted molar refractivity (Wildman–Crippen MR) is 81.7 cm³/mol. The molecule has 0 saturated carbocycles. The standard InChI is InChI=1S/C14H18Cl2N2O3/c1-13(2,3)21-12(20)18(5)14(4,8-19)9-6-10(15)17-11(16)7-9/h6-8H,1-5H3. The molecule has 0 aliphatic rings. The number of aldehydes is 1. The van der Waals surface area contributed by atoms with E-state index in [1.807, 2.05) is 0 Å². The zero-order valence-corrected chi connectivity index (χ0v) is 14.1. The van der Waals surface area contributed by atoms with Crippen molar-refractivity contribution in [1.29, 1.82) is 0 Å². The van der Waals surface area contributed by atoms with Crippen LogP contribution in [0.5, 0.6) is 0 Å². The van der Waals surface area contributed by atoms with Gasteiger partial charge in [-0.1, -0.05) is 23.2 Å². The van der Waals surface area contributed by atoms with Crippen molar-refractivity contribution in [2.75, 3.05) is 7.05 Å². The normalized spacial score (nSPS) is 14.2. The molecule has 7 heteroatoms. The lowest BCUT2D eigenvalue weighted by atomic mass is 9.93. The van der Waals surface area contributed by atoms with Crippen molar-refractivity contribution in [3.05, 3.63) is 28.0 Å². The molecule has 116 valence electrons. The fourth-order valence-electron chi connectivity index (χ4n) is 1.62. The smallest absolute Gasteiger partial charge is 0.411 e. The molecule has 0 fully saturated rings. The van der Waals surface area contributed by atoms with E-state index in [0.717, 1.165) is 0 Å². The molecule has 1 rings (SSSR count). The third-order valence-corrected chi connectivity index (χ3v) is 3.33. The number of halogens is 2. The van der Waals surface area contributed by atoms with Crippen molar-refractivity contribution in [3.63, 3.8) is 0 Å². The van der Waals surface area contributed by atoms with Gasteiger partial charge in [-0.15, -0.1) is 0 Å². The number of carbonyl (C=O) groups excluding carboxylic acids is 2. The molecule has 1 unspecified atom stereocenters. The van der Waals surface area contributed by atoms with Crippen molar-refractivity contribution >= 4 is 35.6 Å². The van der Waals surface area contributed by atoms with Crippen LogP contribution >= 0.6 is 23.2 Å². The van der Waals surface area contributed by atoms with Gasteiger partial charge in [0.15, 0.2) is 0 Å². The lowest BCUT2D eigenvalue weighted by Crippen LogP contribution is -2.48. The van der Waals surface area contributed by atoms with Gasteiger partial charge in [0.25, 0.3) is 0 Å². The summed E-state index contributed by atoms with van der Waals surface area (Å²) in [5, 5.41) is 0.284. The molecule has 0 spiro atoms. The summed E-state index contributed by atoms with van der Waals surface area (Å²) in [4.78, 5) is 28.8. The number of hydrogen-bond donors (Lipinski definition) is 0. The molecule has 0 radical (unpaired) electrons. The van der Waals surface area contributed by atoms with Crippen LogP contribution in [0.15, 0.2) is 12.1 Å². The van der Waals surface area contributed by atoms with Gasteiger partial charge in [0.05, 0.1) is 0 Å². The van der Waals surface area contributed by atoms with E-state index in [-0.39, 0.29) is 10.3 Å². The fraction of sp³-hybridized carbons (Fsp3) is 0.500. The van der Waals surface area contributed by atoms with Gasteiger partial charge in [0, 0.05) is 7.05 Å². The molecule has 0 aliphatic carbocycles. The topological polar surface area (TPSA) is 59.5 Å². The van der Waals surface area contributed by atoms with E-state index in [0.29, 0.717) is 11.8 Å². The van der Waals surface area contributed by atoms with E-state index in [1.165, 1.54) is 24.1 Å². The zero-order valence-electron chi connectivity index (χ0n) is 12.6. The highest BCUT2D eigenvalue weighted by atomic mass is 35.5. The Bertz CT molecular complexity index is 537. The number of pyridine rings is 1. The molecule has 1 aromatic heterocycles. The summed E-state index contributed by atoms with van der Waals surface area (Å²) in [5.74, 6) is 0. The maximum atomic E-state index is 12.2. The lowest BCUT2D eigenvalue weighted by Gasteiger charge is -2.35. The third kappa shape index (κ3) is 4.32. The molecule has 0 N–H and O–H groups in total. The molecular formula is C14H18Cl2N2O3. The molecule has 5 nitrogen and oxygen atoms in total. The molecule has 1 heterocycles. The van der Waals surface area contributed by atoms with Crippen LogP contribution in [0.25, 0.3) is 0 Å². The van der Waals surface area contributed by atoms with Crippen molar-refractivity contribution in [3.8, 4) is 0 Å². The van der Waals surface area contributed by atoms with Crippen molar-refractivity contribution in [2.45, 2.75) is 38.8 Å². The summed E-state index contributed by atoms with van der Waals surface area (Å²) in [6.07, 6.45) is 0.0139. The van der Waals surface area contributed by atoms with E-state index in [4.69, 9.17) is 27.9 Å². The first kappa shape index (κ1) is 17.7. The molecule has 1 atom stereocenters. The van der Waals surface area contributed by atoms with E-state index >= 15 is 0 Å². The van der Waals surface area contributed by atoms with Gasteiger partial charge >= 0.3 is 6.09 Å². The molecular weight excluding hydrogens is 315 g/mol. The minimum Gasteiger partial charge on any atom is -0.444 e. The van der Waals surface area contributed by atoms with E-state index in [1.54, 1.807) is 27.7 Å². The summed E-state index contributed by atoms with van der Waals surface area (Å²) in [6.45, 7) is 6.82. The Morgan fingerprint density at radius 1 is 1.24 bits per heavy atom.